The highest BCUT2D eigenvalue weighted by Crippen LogP contribution is 2.23. The van der Waals surface area contributed by atoms with Gasteiger partial charge < -0.3 is 15.4 Å². The molecular weight excluding hydrogens is 328 g/mol. The maximum absolute atomic E-state index is 12.4. The van der Waals surface area contributed by atoms with Gasteiger partial charge in [0.05, 0.1) is 12.4 Å². The lowest BCUT2D eigenvalue weighted by molar-refractivity contribution is -0.130. The van der Waals surface area contributed by atoms with Crippen molar-refractivity contribution in [2.75, 3.05) is 31.2 Å². The zero-order valence-corrected chi connectivity index (χ0v) is 15.1. The number of piperidine rings is 1. The average Bonchev–Trinajstić information content (AvgIpc) is 2.51. The van der Waals surface area contributed by atoms with Crippen LogP contribution < -0.4 is 5.73 Å². The summed E-state index contributed by atoms with van der Waals surface area (Å²) in [5, 5.41) is 0.381. The standard InChI is InChI=1S/C16H24N4O3S/c1-4-23-15(22)12-6-18-16(19-14(12)17)24-9-13(21)20-7-10(2)5-11(3)8-20/h6,10-11H,4-5,7-9H2,1-3H3,(H2,17,18,19)/t10-,11+. The summed E-state index contributed by atoms with van der Waals surface area (Å²) in [6.07, 6.45) is 2.50. The molecule has 0 aliphatic carbocycles. The fraction of sp³-hybridized carbons (Fsp3) is 0.625. The van der Waals surface area contributed by atoms with Gasteiger partial charge in [0.2, 0.25) is 5.91 Å². The van der Waals surface area contributed by atoms with E-state index in [0.717, 1.165) is 19.5 Å². The Morgan fingerprint density at radius 3 is 2.62 bits per heavy atom. The van der Waals surface area contributed by atoms with Crippen LogP contribution in [-0.2, 0) is 9.53 Å². The van der Waals surface area contributed by atoms with E-state index in [-0.39, 0.29) is 29.6 Å². The first kappa shape index (κ1) is 18.5. The van der Waals surface area contributed by atoms with Crippen LogP contribution in [0.4, 0.5) is 5.82 Å². The van der Waals surface area contributed by atoms with Gasteiger partial charge >= 0.3 is 5.97 Å². The molecule has 132 valence electrons. The predicted molar refractivity (Wildman–Crippen MR) is 92.6 cm³/mol. The lowest BCUT2D eigenvalue weighted by atomic mass is 9.92. The molecule has 0 saturated carbocycles. The van der Waals surface area contributed by atoms with Crippen LogP contribution >= 0.6 is 11.8 Å². The van der Waals surface area contributed by atoms with E-state index in [9.17, 15) is 9.59 Å². The molecule has 1 aliphatic heterocycles. The van der Waals surface area contributed by atoms with Crippen molar-refractivity contribution in [3.63, 3.8) is 0 Å². The Hall–Kier alpha value is -1.83. The summed E-state index contributed by atoms with van der Waals surface area (Å²) >= 11 is 1.23. The number of nitrogen functional groups attached to an aromatic ring is 1. The number of likely N-dealkylation sites (tertiary alicyclic amines) is 1. The van der Waals surface area contributed by atoms with Crippen LogP contribution in [0.1, 0.15) is 37.6 Å². The summed E-state index contributed by atoms with van der Waals surface area (Å²) in [7, 11) is 0. The summed E-state index contributed by atoms with van der Waals surface area (Å²) < 4.78 is 4.88. The van der Waals surface area contributed by atoms with Gasteiger partial charge in [0.25, 0.3) is 0 Å². The molecule has 2 N–H and O–H groups in total. The third kappa shape index (κ3) is 4.83. The van der Waals surface area contributed by atoms with Crippen LogP contribution in [0, 0.1) is 11.8 Å². The molecular formula is C16H24N4O3S. The number of ether oxygens (including phenoxy) is 1. The van der Waals surface area contributed by atoms with E-state index in [1.165, 1.54) is 18.0 Å². The first-order valence-corrected chi connectivity index (χ1v) is 9.09. The van der Waals surface area contributed by atoms with Gasteiger partial charge in [-0.2, -0.15) is 0 Å². The van der Waals surface area contributed by atoms with Crippen molar-refractivity contribution in [1.29, 1.82) is 0 Å². The van der Waals surface area contributed by atoms with Crippen molar-refractivity contribution in [3.8, 4) is 0 Å². The van der Waals surface area contributed by atoms with E-state index < -0.39 is 5.97 Å². The van der Waals surface area contributed by atoms with Gasteiger partial charge in [0.1, 0.15) is 11.4 Å². The third-order valence-corrected chi connectivity index (χ3v) is 4.68. The zero-order chi connectivity index (χ0) is 17.7. The third-order valence-electron chi connectivity index (χ3n) is 3.84. The number of hydrogen-bond donors (Lipinski definition) is 1. The minimum atomic E-state index is -0.543. The number of hydrogen-bond acceptors (Lipinski definition) is 7. The Bertz CT molecular complexity index is 601. The molecule has 1 saturated heterocycles. The minimum Gasteiger partial charge on any atom is -0.462 e. The lowest BCUT2D eigenvalue weighted by Crippen LogP contribution is -2.43. The zero-order valence-electron chi connectivity index (χ0n) is 14.3. The molecule has 0 bridgehead atoms. The van der Waals surface area contributed by atoms with Gasteiger partial charge in [-0.25, -0.2) is 14.8 Å². The Balaban J connectivity index is 1.93. The Morgan fingerprint density at radius 2 is 2.04 bits per heavy atom. The molecule has 0 spiro atoms. The van der Waals surface area contributed by atoms with Crippen LogP contribution in [0.5, 0.6) is 0 Å². The number of nitrogens with two attached hydrogens (primary N) is 1. The van der Waals surface area contributed by atoms with Crippen LogP contribution in [0.15, 0.2) is 11.4 Å². The fourth-order valence-corrected chi connectivity index (χ4v) is 3.62. The van der Waals surface area contributed by atoms with Gasteiger partial charge in [0.15, 0.2) is 5.16 Å². The summed E-state index contributed by atoms with van der Waals surface area (Å²) in [5.74, 6) is 0.918. The number of carbonyl (C=O) groups excluding carboxylic acids is 2. The van der Waals surface area contributed by atoms with E-state index in [2.05, 4.69) is 23.8 Å². The highest BCUT2D eigenvalue weighted by Gasteiger charge is 2.25. The molecule has 2 rings (SSSR count). The van der Waals surface area contributed by atoms with Crippen LogP contribution in [0.3, 0.4) is 0 Å². The van der Waals surface area contributed by atoms with Crippen molar-refractivity contribution in [2.24, 2.45) is 11.8 Å². The molecule has 1 aliphatic rings. The van der Waals surface area contributed by atoms with Gasteiger partial charge in [-0.3, -0.25) is 4.79 Å². The Morgan fingerprint density at radius 1 is 1.38 bits per heavy atom. The molecule has 1 fully saturated rings. The predicted octanol–water partition coefficient (Wildman–Crippen LogP) is 1.83. The first-order chi connectivity index (χ1) is 11.4. The monoisotopic (exact) mass is 352 g/mol. The largest absolute Gasteiger partial charge is 0.462 e. The van der Waals surface area contributed by atoms with E-state index in [4.69, 9.17) is 10.5 Å². The average molecular weight is 352 g/mol. The number of rotatable bonds is 5. The molecule has 7 nitrogen and oxygen atoms in total. The molecule has 1 aromatic heterocycles. The number of nitrogens with zero attached hydrogens (tertiary/aromatic N) is 3. The van der Waals surface area contributed by atoms with Crippen LogP contribution in [0.2, 0.25) is 0 Å². The number of anilines is 1. The summed E-state index contributed by atoms with van der Waals surface area (Å²) in [4.78, 5) is 34.1. The number of thioether (sulfide) groups is 1. The number of amides is 1. The highest BCUT2D eigenvalue weighted by atomic mass is 32.2. The van der Waals surface area contributed by atoms with Crippen LogP contribution in [0.25, 0.3) is 0 Å². The minimum absolute atomic E-state index is 0.0682. The Labute approximate surface area is 146 Å². The van der Waals surface area contributed by atoms with E-state index in [1.807, 2.05) is 4.90 Å². The van der Waals surface area contributed by atoms with Crippen molar-refractivity contribution in [3.05, 3.63) is 11.8 Å². The molecule has 2 atom stereocenters. The molecule has 2 heterocycles. The molecule has 0 radical (unpaired) electrons. The SMILES string of the molecule is CCOC(=O)c1cnc(SCC(=O)N2C[C@H](C)C[C@H](C)C2)nc1N. The molecule has 24 heavy (non-hydrogen) atoms. The van der Waals surface area contributed by atoms with Gasteiger partial charge in [-0.15, -0.1) is 0 Å². The summed E-state index contributed by atoms with van der Waals surface area (Å²) in [5.41, 5.74) is 5.92. The lowest BCUT2D eigenvalue weighted by Gasteiger charge is -2.34. The number of aromatic nitrogens is 2. The highest BCUT2D eigenvalue weighted by molar-refractivity contribution is 7.99. The van der Waals surface area contributed by atoms with E-state index >= 15 is 0 Å². The fourth-order valence-electron chi connectivity index (χ4n) is 2.90. The van der Waals surface area contributed by atoms with Gasteiger partial charge in [0, 0.05) is 19.3 Å². The second-order valence-corrected chi connectivity index (χ2v) is 7.15. The van der Waals surface area contributed by atoms with Crippen LogP contribution in [-0.4, -0.2) is 52.2 Å². The number of carbonyl (C=O) groups is 2. The molecule has 8 heteroatoms. The van der Waals surface area contributed by atoms with Gasteiger partial charge in [-0.05, 0) is 25.2 Å². The van der Waals surface area contributed by atoms with Crippen molar-refractivity contribution >= 4 is 29.5 Å². The summed E-state index contributed by atoms with van der Waals surface area (Å²) in [6, 6.07) is 0. The Kier molecular flexibility index (Phi) is 6.42. The number of esters is 1. The van der Waals surface area contributed by atoms with Crippen molar-refractivity contribution in [2.45, 2.75) is 32.3 Å². The normalized spacial score (nSPS) is 20.7. The quantitative estimate of drug-likeness (QED) is 0.490. The summed E-state index contributed by atoms with van der Waals surface area (Å²) in [6.45, 7) is 7.91. The van der Waals surface area contributed by atoms with E-state index in [1.54, 1.807) is 6.92 Å². The van der Waals surface area contributed by atoms with Crippen molar-refractivity contribution in [1.82, 2.24) is 14.9 Å². The second kappa shape index (κ2) is 8.32. The van der Waals surface area contributed by atoms with Crippen molar-refractivity contribution < 1.29 is 14.3 Å². The molecule has 1 aromatic rings. The molecule has 0 unspecified atom stereocenters. The smallest absolute Gasteiger partial charge is 0.343 e. The first-order valence-electron chi connectivity index (χ1n) is 8.10. The topological polar surface area (TPSA) is 98.4 Å². The maximum atomic E-state index is 12.4. The molecule has 0 aromatic carbocycles. The van der Waals surface area contributed by atoms with E-state index in [0.29, 0.717) is 17.0 Å². The second-order valence-electron chi connectivity index (χ2n) is 6.21. The molecule has 1 amide bonds. The van der Waals surface area contributed by atoms with Gasteiger partial charge in [-0.1, -0.05) is 25.6 Å². The maximum Gasteiger partial charge on any atom is 0.343 e.